The van der Waals surface area contributed by atoms with Gasteiger partial charge >= 0.3 is 11.9 Å². The van der Waals surface area contributed by atoms with E-state index >= 15 is 0 Å². The summed E-state index contributed by atoms with van der Waals surface area (Å²) >= 11 is 2.06. The maximum Gasteiger partial charge on any atom is 0.338 e. The minimum Gasteiger partial charge on any atom is -0.468 e. The van der Waals surface area contributed by atoms with Crippen molar-refractivity contribution < 1.29 is 27.5 Å². The van der Waals surface area contributed by atoms with E-state index in [0.717, 1.165) is 23.1 Å². The van der Waals surface area contributed by atoms with Gasteiger partial charge in [-0.3, -0.25) is 9.52 Å². The molecule has 0 aliphatic heterocycles. The molecule has 9 nitrogen and oxygen atoms in total. The number of methoxy groups -OCH3 is 2. The molecule has 0 amide bonds. The van der Waals surface area contributed by atoms with Gasteiger partial charge in [0.2, 0.25) is 5.13 Å². The van der Waals surface area contributed by atoms with Crippen LogP contribution in [-0.4, -0.2) is 50.5 Å². The van der Waals surface area contributed by atoms with Crippen molar-refractivity contribution in [2.24, 2.45) is 0 Å². The molecular weight excluding hydrogens is 402 g/mol. The van der Waals surface area contributed by atoms with Gasteiger partial charge in [0.05, 0.1) is 30.4 Å². The summed E-state index contributed by atoms with van der Waals surface area (Å²) in [6, 6.07) is 4.12. The van der Waals surface area contributed by atoms with Crippen LogP contribution in [0.15, 0.2) is 27.4 Å². The van der Waals surface area contributed by atoms with Gasteiger partial charge in [-0.1, -0.05) is 29.2 Å². The maximum atomic E-state index is 12.5. The Morgan fingerprint density at radius 1 is 1.23 bits per heavy atom. The second-order valence-electron chi connectivity index (χ2n) is 4.81. The molecule has 0 atom stereocenters. The number of hydrogen-bond donors (Lipinski definition) is 1. The summed E-state index contributed by atoms with van der Waals surface area (Å²) in [5.41, 5.74) is 0.746. The molecule has 0 aliphatic rings. The van der Waals surface area contributed by atoms with Crippen molar-refractivity contribution in [3.63, 3.8) is 0 Å². The number of hydrogen-bond acceptors (Lipinski definition) is 10. The monoisotopic (exact) mass is 417 g/mol. The first-order chi connectivity index (χ1) is 12.3. The number of aromatic nitrogens is 2. The van der Waals surface area contributed by atoms with Crippen molar-refractivity contribution in [3.05, 3.63) is 29.3 Å². The van der Waals surface area contributed by atoms with Gasteiger partial charge in [-0.2, -0.15) is 0 Å². The van der Waals surface area contributed by atoms with Crippen molar-refractivity contribution in [1.82, 2.24) is 10.2 Å². The number of anilines is 1. The number of ether oxygens (including phenoxy) is 2. The summed E-state index contributed by atoms with van der Waals surface area (Å²) in [7, 11) is -1.48. The predicted octanol–water partition coefficient (Wildman–Crippen LogP) is 1.70. The zero-order valence-corrected chi connectivity index (χ0v) is 16.5. The van der Waals surface area contributed by atoms with E-state index in [1.54, 1.807) is 6.92 Å². The lowest BCUT2D eigenvalue weighted by Gasteiger charge is -2.08. The molecule has 0 aliphatic carbocycles. The minimum atomic E-state index is -3.97. The second kappa shape index (κ2) is 8.47. The fraction of sp³-hybridized carbons (Fsp3) is 0.286. The van der Waals surface area contributed by atoms with Gasteiger partial charge in [-0.25, -0.2) is 13.2 Å². The molecule has 0 saturated carbocycles. The van der Waals surface area contributed by atoms with E-state index in [-0.39, 0.29) is 21.3 Å². The lowest BCUT2D eigenvalue weighted by Crippen LogP contribution is -2.14. The number of thioether (sulfide) groups is 1. The van der Waals surface area contributed by atoms with E-state index < -0.39 is 22.0 Å². The molecule has 0 spiro atoms. The van der Waals surface area contributed by atoms with E-state index in [1.807, 2.05) is 0 Å². The summed E-state index contributed by atoms with van der Waals surface area (Å²) in [4.78, 5) is 22.7. The van der Waals surface area contributed by atoms with Crippen LogP contribution in [-0.2, 0) is 24.3 Å². The molecule has 2 aromatic rings. The lowest BCUT2D eigenvalue weighted by molar-refractivity contribution is -0.137. The van der Waals surface area contributed by atoms with E-state index in [9.17, 15) is 18.0 Å². The van der Waals surface area contributed by atoms with Crippen LogP contribution in [0.2, 0.25) is 0 Å². The first-order valence-electron chi connectivity index (χ1n) is 7.01. The molecule has 0 saturated heterocycles. The van der Waals surface area contributed by atoms with E-state index in [0.29, 0.717) is 9.90 Å². The molecule has 1 aromatic carbocycles. The highest BCUT2D eigenvalue weighted by atomic mass is 32.2. The molecule has 0 fully saturated rings. The van der Waals surface area contributed by atoms with Crippen molar-refractivity contribution in [1.29, 1.82) is 0 Å². The Morgan fingerprint density at radius 2 is 1.96 bits per heavy atom. The van der Waals surface area contributed by atoms with Crippen LogP contribution in [0.25, 0.3) is 0 Å². The molecular formula is C14H15N3O6S3. The molecule has 140 valence electrons. The number of carbonyl (C=O) groups is 2. The van der Waals surface area contributed by atoms with Crippen molar-refractivity contribution in [2.75, 3.05) is 24.7 Å². The van der Waals surface area contributed by atoms with Crippen LogP contribution in [0.3, 0.4) is 0 Å². The normalized spacial score (nSPS) is 11.0. The predicted molar refractivity (Wildman–Crippen MR) is 96.0 cm³/mol. The fourth-order valence-corrected chi connectivity index (χ4v) is 4.60. The van der Waals surface area contributed by atoms with Gasteiger partial charge in [0.1, 0.15) is 0 Å². The Bertz CT molecular complexity index is 926. The zero-order chi connectivity index (χ0) is 19.3. The maximum absolute atomic E-state index is 12.5. The average molecular weight is 417 g/mol. The van der Waals surface area contributed by atoms with E-state index in [4.69, 9.17) is 0 Å². The Balaban J connectivity index is 2.18. The van der Waals surface area contributed by atoms with Crippen LogP contribution in [0.5, 0.6) is 0 Å². The number of nitrogens with one attached hydrogen (secondary N) is 1. The molecule has 1 N–H and O–H groups in total. The molecule has 0 bridgehead atoms. The van der Waals surface area contributed by atoms with Gasteiger partial charge in [-0.15, -0.1) is 10.2 Å². The highest BCUT2D eigenvalue weighted by Gasteiger charge is 2.20. The largest absolute Gasteiger partial charge is 0.468 e. The smallest absolute Gasteiger partial charge is 0.338 e. The molecule has 26 heavy (non-hydrogen) atoms. The quantitative estimate of drug-likeness (QED) is 0.529. The molecule has 0 radical (unpaired) electrons. The van der Waals surface area contributed by atoms with E-state index in [2.05, 4.69) is 24.4 Å². The summed E-state index contributed by atoms with van der Waals surface area (Å²) in [6.07, 6.45) is 0. The van der Waals surface area contributed by atoms with Crippen LogP contribution in [0.4, 0.5) is 5.13 Å². The summed E-state index contributed by atoms with van der Waals surface area (Å²) < 4.78 is 36.9. The number of sulfonamides is 1. The number of aryl methyl sites for hydroxylation is 1. The van der Waals surface area contributed by atoms with Gasteiger partial charge in [0.15, 0.2) is 4.34 Å². The number of nitrogens with zero attached hydrogens (tertiary/aromatic N) is 2. The third-order valence-electron chi connectivity index (χ3n) is 3.09. The van der Waals surface area contributed by atoms with Crippen molar-refractivity contribution in [2.45, 2.75) is 16.2 Å². The Labute approximate surface area is 158 Å². The third kappa shape index (κ3) is 4.93. The fourth-order valence-electron chi connectivity index (χ4n) is 1.76. The Kier molecular flexibility index (Phi) is 6.56. The summed E-state index contributed by atoms with van der Waals surface area (Å²) in [5, 5.41) is 7.57. The summed E-state index contributed by atoms with van der Waals surface area (Å²) in [5.74, 6) is -1.02. The van der Waals surface area contributed by atoms with Gasteiger partial charge in [0, 0.05) is 0 Å². The number of benzene rings is 1. The molecule has 0 unspecified atom stereocenters. The van der Waals surface area contributed by atoms with Gasteiger partial charge < -0.3 is 9.47 Å². The lowest BCUT2D eigenvalue weighted by atomic mass is 10.1. The topological polar surface area (TPSA) is 125 Å². The first-order valence-corrected chi connectivity index (χ1v) is 10.3. The van der Waals surface area contributed by atoms with Crippen molar-refractivity contribution >= 4 is 50.2 Å². The second-order valence-corrected chi connectivity index (χ2v) is 8.69. The van der Waals surface area contributed by atoms with Crippen LogP contribution in [0.1, 0.15) is 15.9 Å². The highest BCUT2D eigenvalue weighted by molar-refractivity contribution is 8.01. The Hall–Kier alpha value is -2.18. The third-order valence-corrected chi connectivity index (χ3v) is 6.51. The standard InChI is InChI=1S/C14H15N3O6S3/c1-8-4-5-9(6-10(8)12(19)23-3)26(20,21)17-13-15-16-14(25-13)24-7-11(18)22-2/h4-6H,7H2,1-3H3,(H,15,17). The molecule has 2 rings (SSSR count). The average Bonchev–Trinajstić information content (AvgIpc) is 3.05. The van der Waals surface area contributed by atoms with Gasteiger partial charge in [-0.05, 0) is 24.6 Å². The van der Waals surface area contributed by atoms with Crippen LogP contribution >= 0.6 is 23.1 Å². The molecule has 12 heteroatoms. The minimum absolute atomic E-state index is 0.0394. The zero-order valence-electron chi connectivity index (χ0n) is 14.0. The van der Waals surface area contributed by atoms with Gasteiger partial charge in [0.25, 0.3) is 10.0 Å². The highest BCUT2D eigenvalue weighted by Crippen LogP contribution is 2.27. The number of esters is 2. The van der Waals surface area contributed by atoms with Crippen molar-refractivity contribution in [3.8, 4) is 0 Å². The molecule has 1 aromatic heterocycles. The number of rotatable bonds is 7. The number of carbonyl (C=O) groups excluding carboxylic acids is 2. The first kappa shape index (κ1) is 20.1. The summed E-state index contributed by atoms with van der Waals surface area (Å²) in [6.45, 7) is 1.67. The van der Waals surface area contributed by atoms with E-state index in [1.165, 1.54) is 32.4 Å². The Morgan fingerprint density at radius 3 is 2.62 bits per heavy atom. The van der Waals surface area contributed by atoms with Crippen LogP contribution in [0, 0.1) is 6.92 Å². The SMILES string of the molecule is COC(=O)CSc1nnc(NS(=O)(=O)c2ccc(C)c(C(=O)OC)c2)s1. The molecule has 1 heterocycles. The van der Waals surface area contributed by atoms with Crippen LogP contribution < -0.4 is 4.72 Å².